The van der Waals surface area contributed by atoms with E-state index >= 15 is 0 Å². The van der Waals surface area contributed by atoms with Crippen LogP contribution in [0.15, 0.2) is 91.1 Å². The Morgan fingerprint density at radius 3 is 2.60 bits per heavy atom. The summed E-state index contributed by atoms with van der Waals surface area (Å²) >= 11 is 0. The minimum Gasteiger partial charge on any atom is -0.486 e. The summed E-state index contributed by atoms with van der Waals surface area (Å²) in [4.78, 5) is 15.8. The number of halogens is 1. The predicted octanol–water partition coefficient (Wildman–Crippen LogP) is 6.02. The lowest BCUT2D eigenvalue weighted by atomic mass is 10.0. The summed E-state index contributed by atoms with van der Waals surface area (Å²) in [7, 11) is 0. The zero-order chi connectivity index (χ0) is 27.2. The summed E-state index contributed by atoms with van der Waals surface area (Å²) in [6.45, 7) is 3.14. The number of fused-ring (bicyclic) bond motifs is 4. The minimum atomic E-state index is -0.570. The number of aromatic nitrogens is 3. The molecule has 0 saturated carbocycles. The van der Waals surface area contributed by atoms with Crippen molar-refractivity contribution in [3.05, 3.63) is 119 Å². The lowest BCUT2D eigenvalue weighted by molar-refractivity contribution is 0.171. The van der Waals surface area contributed by atoms with Crippen LogP contribution < -0.4 is 14.8 Å². The smallest absolute Gasteiger partial charge is 0.322 e. The molecule has 0 fully saturated rings. The van der Waals surface area contributed by atoms with Crippen molar-refractivity contribution in [3.8, 4) is 23.0 Å². The number of nitrogens with one attached hydrogen (secondary N) is 1. The van der Waals surface area contributed by atoms with E-state index in [1.54, 1.807) is 29.2 Å². The van der Waals surface area contributed by atoms with E-state index in [0.717, 1.165) is 28.5 Å². The van der Waals surface area contributed by atoms with Gasteiger partial charge >= 0.3 is 6.03 Å². The van der Waals surface area contributed by atoms with Crippen molar-refractivity contribution < 1.29 is 18.7 Å². The summed E-state index contributed by atoms with van der Waals surface area (Å²) in [5.41, 5.74) is 4.66. The first kappa shape index (κ1) is 24.0. The van der Waals surface area contributed by atoms with Crippen LogP contribution in [0.1, 0.15) is 28.6 Å². The van der Waals surface area contributed by atoms with Gasteiger partial charge in [0, 0.05) is 23.5 Å². The Labute approximate surface area is 230 Å². The van der Waals surface area contributed by atoms with E-state index in [1.165, 1.54) is 12.1 Å². The second-order valence-corrected chi connectivity index (χ2v) is 9.81. The van der Waals surface area contributed by atoms with E-state index in [1.807, 2.05) is 66.3 Å². The number of anilines is 1. The Morgan fingerprint density at radius 2 is 1.77 bits per heavy atom. The highest BCUT2D eigenvalue weighted by atomic mass is 19.1. The average Bonchev–Trinajstić information content (AvgIpc) is 3.53. The number of amides is 2. The molecule has 4 heterocycles. The Hall–Kier alpha value is -5.05. The first-order chi connectivity index (χ1) is 19.6. The van der Waals surface area contributed by atoms with Gasteiger partial charge in [-0.2, -0.15) is 5.10 Å². The number of carbonyl (C=O) groups is 1. The lowest BCUT2D eigenvalue weighted by Crippen LogP contribution is -2.38. The van der Waals surface area contributed by atoms with Crippen molar-refractivity contribution in [2.24, 2.45) is 0 Å². The molecule has 2 aromatic heterocycles. The lowest BCUT2D eigenvalue weighted by Gasteiger charge is -2.31. The third-order valence-electron chi connectivity index (χ3n) is 7.31. The molecule has 7 rings (SSSR count). The van der Waals surface area contributed by atoms with Gasteiger partial charge in [0.25, 0.3) is 0 Å². The molecule has 3 aromatic carbocycles. The van der Waals surface area contributed by atoms with Gasteiger partial charge < -0.3 is 24.3 Å². The van der Waals surface area contributed by atoms with Gasteiger partial charge in [0.05, 0.1) is 29.7 Å². The maximum atomic E-state index is 14.5. The number of nitrogens with zero attached hydrogens (tertiary/aromatic N) is 4. The second kappa shape index (κ2) is 9.60. The van der Waals surface area contributed by atoms with Crippen LogP contribution in [0.2, 0.25) is 0 Å². The third kappa shape index (κ3) is 4.07. The van der Waals surface area contributed by atoms with Gasteiger partial charge in [-0.3, -0.25) is 0 Å². The number of aryl methyl sites for hydroxylation is 1. The van der Waals surface area contributed by atoms with E-state index in [0.29, 0.717) is 36.0 Å². The third-order valence-corrected chi connectivity index (χ3v) is 7.31. The highest BCUT2D eigenvalue weighted by Gasteiger charge is 2.36. The fraction of sp³-hybridized carbons (Fsp3) is 0.161. The monoisotopic (exact) mass is 535 g/mol. The average molecular weight is 536 g/mol. The molecule has 2 aliphatic rings. The molecule has 9 heteroatoms. The first-order valence-electron chi connectivity index (χ1n) is 13.1. The van der Waals surface area contributed by atoms with Gasteiger partial charge in [-0.25, -0.2) is 13.9 Å². The number of ether oxygens (including phenoxy) is 2. The molecule has 0 radical (unpaired) electrons. The molecular weight excluding hydrogens is 509 g/mol. The topological polar surface area (TPSA) is 73.6 Å². The van der Waals surface area contributed by atoms with Crippen LogP contribution in [0.25, 0.3) is 11.5 Å². The minimum absolute atomic E-state index is 0.257. The molecule has 0 saturated heterocycles. The Morgan fingerprint density at radius 1 is 0.950 bits per heavy atom. The molecule has 2 amide bonds. The van der Waals surface area contributed by atoms with Crippen LogP contribution in [0.5, 0.6) is 11.5 Å². The maximum absolute atomic E-state index is 14.5. The molecule has 5 aromatic rings. The van der Waals surface area contributed by atoms with E-state index in [2.05, 4.69) is 9.88 Å². The molecule has 200 valence electrons. The van der Waals surface area contributed by atoms with E-state index in [4.69, 9.17) is 14.6 Å². The van der Waals surface area contributed by atoms with Crippen molar-refractivity contribution in [2.75, 3.05) is 18.5 Å². The molecule has 0 bridgehead atoms. The summed E-state index contributed by atoms with van der Waals surface area (Å²) in [5, 5.41) is 7.90. The number of rotatable bonds is 3. The van der Waals surface area contributed by atoms with E-state index in [-0.39, 0.29) is 18.4 Å². The van der Waals surface area contributed by atoms with Crippen molar-refractivity contribution >= 4 is 11.7 Å². The quantitative estimate of drug-likeness (QED) is 0.307. The van der Waals surface area contributed by atoms with E-state index < -0.39 is 6.04 Å². The molecule has 0 aliphatic carbocycles. The number of benzene rings is 3. The molecule has 1 atom stereocenters. The molecular formula is C31H26FN5O3. The predicted molar refractivity (Wildman–Crippen MR) is 148 cm³/mol. The fourth-order valence-corrected chi connectivity index (χ4v) is 5.49. The van der Waals surface area contributed by atoms with Crippen molar-refractivity contribution in [1.29, 1.82) is 0 Å². The van der Waals surface area contributed by atoms with Crippen LogP contribution >= 0.6 is 0 Å². The highest BCUT2D eigenvalue weighted by molar-refractivity contribution is 5.90. The number of carbonyl (C=O) groups excluding carboxylic acids is 1. The molecule has 0 unspecified atom stereocenters. The maximum Gasteiger partial charge on any atom is 0.322 e. The van der Waals surface area contributed by atoms with Gasteiger partial charge in [-0.1, -0.05) is 30.3 Å². The number of urea groups is 1. The molecule has 40 heavy (non-hydrogen) atoms. The summed E-state index contributed by atoms with van der Waals surface area (Å²) in [6, 6.07) is 24.6. The first-order valence-corrected chi connectivity index (χ1v) is 13.1. The normalized spacial score (nSPS) is 15.7. The standard InChI is InChI=1S/C31H26FN5O3/c1-20-25-19-36(31(38)33-23-12-13-27-28(18-23)40-16-15-39-27)29(21-7-5-8-22(32)17-21)26-11-6-14-35(26)30(25)37(34-20)24-9-3-2-4-10-24/h2-14,17-18,29H,15-16,19H2,1H3,(H,33,38)/t29-/m1/s1. The molecule has 2 aliphatic heterocycles. The van der Waals surface area contributed by atoms with Crippen LogP contribution in [0.3, 0.4) is 0 Å². The number of hydrogen-bond donors (Lipinski definition) is 1. The van der Waals surface area contributed by atoms with Crippen LogP contribution in [0, 0.1) is 12.7 Å². The Kier molecular flexibility index (Phi) is 5.77. The van der Waals surface area contributed by atoms with Gasteiger partial charge in [0.1, 0.15) is 24.8 Å². The zero-order valence-corrected chi connectivity index (χ0v) is 21.8. The van der Waals surface area contributed by atoms with Gasteiger partial charge in [-0.15, -0.1) is 0 Å². The van der Waals surface area contributed by atoms with Gasteiger partial charge in [0.15, 0.2) is 11.5 Å². The SMILES string of the molecule is Cc1nn(-c2ccccc2)c2c1CN(C(=O)Nc1ccc3c(c1)OCCO3)[C@H](c1cccc(F)c1)c1cccn1-2. The van der Waals surface area contributed by atoms with Crippen LogP contribution in [0.4, 0.5) is 14.9 Å². The fourth-order valence-electron chi connectivity index (χ4n) is 5.49. The van der Waals surface area contributed by atoms with Crippen molar-refractivity contribution in [3.63, 3.8) is 0 Å². The van der Waals surface area contributed by atoms with Gasteiger partial charge in [0.2, 0.25) is 0 Å². The zero-order valence-electron chi connectivity index (χ0n) is 21.8. The molecule has 0 spiro atoms. The summed E-state index contributed by atoms with van der Waals surface area (Å²) in [5.74, 6) is 1.71. The van der Waals surface area contributed by atoms with Crippen LogP contribution in [-0.4, -0.2) is 38.5 Å². The molecule has 1 N–H and O–H groups in total. The van der Waals surface area contributed by atoms with E-state index in [9.17, 15) is 9.18 Å². The largest absolute Gasteiger partial charge is 0.486 e. The number of para-hydroxylation sites is 1. The highest BCUT2D eigenvalue weighted by Crippen LogP contribution is 2.39. The van der Waals surface area contributed by atoms with Crippen molar-refractivity contribution in [2.45, 2.75) is 19.5 Å². The van der Waals surface area contributed by atoms with Gasteiger partial charge in [-0.05, 0) is 61.0 Å². The second-order valence-electron chi connectivity index (χ2n) is 9.81. The number of hydrogen-bond acceptors (Lipinski definition) is 4. The van der Waals surface area contributed by atoms with Crippen LogP contribution in [-0.2, 0) is 6.54 Å². The van der Waals surface area contributed by atoms with Crippen molar-refractivity contribution in [1.82, 2.24) is 19.2 Å². The summed E-state index contributed by atoms with van der Waals surface area (Å²) < 4.78 is 29.8. The molecule has 8 nitrogen and oxygen atoms in total. The Bertz CT molecular complexity index is 1730. The summed E-state index contributed by atoms with van der Waals surface area (Å²) in [6.07, 6.45) is 1.96. The Balaban J connectivity index is 1.36.